The smallest absolute Gasteiger partial charge is 0.345 e. The first-order valence-electron chi connectivity index (χ1n) is 6.25. The number of hydrogen-bond donors (Lipinski definition) is 0. The molecule has 0 amide bonds. The molecule has 0 fully saturated rings. The van der Waals surface area contributed by atoms with Gasteiger partial charge in [-0.2, -0.15) is 0 Å². The maximum absolute atomic E-state index is 11.9. The minimum Gasteiger partial charge on any atom is -0.496 e. The van der Waals surface area contributed by atoms with E-state index in [-0.39, 0.29) is 28.5 Å². The lowest BCUT2D eigenvalue weighted by molar-refractivity contribution is -0.385. The summed E-state index contributed by atoms with van der Waals surface area (Å²) < 4.78 is 15.4. The second-order valence-electron chi connectivity index (χ2n) is 4.15. The van der Waals surface area contributed by atoms with Gasteiger partial charge in [-0.3, -0.25) is 10.1 Å². The fraction of sp³-hybridized carbons (Fsp3) is 0.133. The van der Waals surface area contributed by atoms with Crippen LogP contribution in [0.2, 0.25) is 0 Å². The van der Waals surface area contributed by atoms with Crippen LogP contribution in [0.15, 0.2) is 42.5 Å². The predicted octanol–water partition coefficient (Wildman–Crippen LogP) is 3.18. The van der Waals surface area contributed by atoms with Gasteiger partial charge >= 0.3 is 11.7 Å². The number of nitrogens with zero attached hydrogens (tertiary/aromatic N) is 1. The highest BCUT2D eigenvalue weighted by Gasteiger charge is 2.22. The van der Waals surface area contributed by atoms with Crippen molar-refractivity contribution in [1.82, 2.24) is 0 Å². The Bertz CT molecular complexity index is 713. The van der Waals surface area contributed by atoms with Gasteiger partial charge in [0.2, 0.25) is 5.75 Å². The highest BCUT2D eigenvalue weighted by Crippen LogP contribution is 2.36. The SMILES string of the molecule is COC(=O)c1c(OC)cccc1Oc1ccccc1[N+](=O)[O-]. The third-order valence-electron chi connectivity index (χ3n) is 2.88. The standard InChI is InChI=1S/C15H13NO6/c1-20-12-8-5-9-13(14(12)15(17)21-2)22-11-7-4-3-6-10(11)16(18)19/h3-9H,1-2H3. The normalized spacial score (nSPS) is 9.91. The Labute approximate surface area is 126 Å². The molecule has 22 heavy (non-hydrogen) atoms. The molecule has 2 aromatic rings. The van der Waals surface area contributed by atoms with Gasteiger partial charge in [0.1, 0.15) is 17.1 Å². The van der Waals surface area contributed by atoms with E-state index in [4.69, 9.17) is 14.2 Å². The molecule has 0 aromatic heterocycles. The fourth-order valence-corrected chi connectivity index (χ4v) is 1.88. The summed E-state index contributed by atoms with van der Waals surface area (Å²) in [5.41, 5.74) is -0.146. The molecule has 0 aliphatic rings. The van der Waals surface area contributed by atoms with Gasteiger partial charge in [0.15, 0.2) is 0 Å². The average Bonchev–Trinajstić information content (AvgIpc) is 2.54. The molecule has 2 rings (SSSR count). The van der Waals surface area contributed by atoms with Crippen LogP contribution in [0.5, 0.6) is 17.2 Å². The monoisotopic (exact) mass is 303 g/mol. The molecule has 0 N–H and O–H groups in total. The zero-order valence-electron chi connectivity index (χ0n) is 11.9. The predicted molar refractivity (Wildman–Crippen MR) is 77.5 cm³/mol. The molecule has 0 saturated carbocycles. The molecule has 0 radical (unpaired) electrons. The summed E-state index contributed by atoms with van der Waals surface area (Å²) in [7, 11) is 2.63. The topological polar surface area (TPSA) is 87.9 Å². The number of carbonyl (C=O) groups excluding carboxylic acids is 1. The van der Waals surface area contributed by atoms with Crippen LogP contribution in [0.1, 0.15) is 10.4 Å². The van der Waals surface area contributed by atoms with E-state index in [2.05, 4.69) is 0 Å². The van der Waals surface area contributed by atoms with Gasteiger partial charge in [0.05, 0.1) is 19.1 Å². The number of carbonyl (C=O) groups is 1. The van der Waals surface area contributed by atoms with Gasteiger partial charge < -0.3 is 14.2 Å². The minimum atomic E-state index is -0.661. The zero-order valence-corrected chi connectivity index (χ0v) is 11.9. The quantitative estimate of drug-likeness (QED) is 0.479. The van der Waals surface area contributed by atoms with Crippen LogP contribution in [-0.2, 0) is 4.74 Å². The first kappa shape index (κ1) is 15.3. The van der Waals surface area contributed by atoms with E-state index in [1.165, 1.54) is 38.5 Å². The molecule has 0 heterocycles. The van der Waals surface area contributed by atoms with Crippen molar-refractivity contribution in [1.29, 1.82) is 0 Å². The van der Waals surface area contributed by atoms with Crippen molar-refractivity contribution < 1.29 is 23.9 Å². The number of nitro benzene ring substituents is 1. The number of para-hydroxylation sites is 2. The number of rotatable bonds is 5. The molecule has 0 bridgehead atoms. The summed E-state index contributed by atoms with van der Waals surface area (Å²) >= 11 is 0. The molecule has 0 saturated heterocycles. The molecule has 114 valence electrons. The summed E-state index contributed by atoms with van der Waals surface area (Å²) in [6.07, 6.45) is 0. The Hall–Kier alpha value is -3.09. The van der Waals surface area contributed by atoms with Crippen LogP contribution in [0.25, 0.3) is 0 Å². The Morgan fingerprint density at radius 1 is 1.00 bits per heavy atom. The first-order valence-corrected chi connectivity index (χ1v) is 6.25. The second-order valence-corrected chi connectivity index (χ2v) is 4.15. The Kier molecular flexibility index (Phi) is 4.57. The Morgan fingerprint density at radius 3 is 2.27 bits per heavy atom. The minimum absolute atomic E-state index is 0.0194. The molecule has 2 aromatic carbocycles. The van der Waals surface area contributed by atoms with Gasteiger partial charge in [-0.25, -0.2) is 4.79 Å². The van der Waals surface area contributed by atoms with Crippen molar-refractivity contribution in [2.45, 2.75) is 0 Å². The van der Waals surface area contributed by atoms with E-state index in [1.54, 1.807) is 18.2 Å². The van der Waals surface area contributed by atoms with Crippen LogP contribution in [0.4, 0.5) is 5.69 Å². The van der Waals surface area contributed by atoms with Crippen molar-refractivity contribution in [2.24, 2.45) is 0 Å². The summed E-state index contributed by atoms with van der Waals surface area (Å²) in [4.78, 5) is 22.4. The maximum atomic E-state index is 11.9. The number of esters is 1. The van der Waals surface area contributed by atoms with E-state index < -0.39 is 10.9 Å². The van der Waals surface area contributed by atoms with E-state index in [1.807, 2.05) is 0 Å². The lowest BCUT2D eigenvalue weighted by atomic mass is 10.1. The van der Waals surface area contributed by atoms with Crippen molar-refractivity contribution >= 4 is 11.7 Å². The van der Waals surface area contributed by atoms with Gasteiger partial charge in [-0.1, -0.05) is 18.2 Å². The largest absolute Gasteiger partial charge is 0.496 e. The maximum Gasteiger partial charge on any atom is 0.345 e. The molecule has 7 heteroatoms. The van der Waals surface area contributed by atoms with Crippen molar-refractivity contribution in [2.75, 3.05) is 14.2 Å². The molecule has 7 nitrogen and oxygen atoms in total. The summed E-state index contributed by atoms with van der Waals surface area (Å²) in [5, 5.41) is 11.0. The highest BCUT2D eigenvalue weighted by molar-refractivity contribution is 5.95. The van der Waals surface area contributed by atoms with Gasteiger partial charge in [0.25, 0.3) is 0 Å². The number of hydrogen-bond acceptors (Lipinski definition) is 6. The lowest BCUT2D eigenvalue weighted by Crippen LogP contribution is -2.06. The van der Waals surface area contributed by atoms with E-state index in [0.717, 1.165) is 0 Å². The van der Waals surface area contributed by atoms with E-state index >= 15 is 0 Å². The number of benzene rings is 2. The van der Waals surface area contributed by atoms with Crippen molar-refractivity contribution in [3.8, 4) is 17.2 Å². The molecule has 0 aliphatic heterocycles. The number of methoxy groups -OCH3 is 2. The highest BCUT2D eigenvalue weighted by atomic mass is 16.6. The third kappa shape index (κ3) is 2.98. The molecule has 0 atom stereocenters. The Balaban J connectivity index is 2.51. The lowest BCUT2D eigenvalue weighted by Gasteiger charge is -2.13. The van der Waals surface area contributed by atoms with Crippen molar-refractivity contribution in [3.05, 3.63) is 58.1 Å². The summed E-state index contributed by atoms with van der Waals surface area (Å²) in [5.74, 6) is -0.277. The van der Waals surface area contributed by atoms with E-state index in [0.29, 0.717) is 0 Å². The molecular formula is C15H13NO6. The van der Waals surface area contributed by atoms with Crippen LogP contribution in [0.3, 0.4) is 0 Å². The van der Waals surface area contributed by atoms with Crippen LogP contribution in [-0.4, -0.2) is 25.1 Å². The molecule has 0 aliphatic carbocycles. The summed E-state index contributed by atoms with van der Waals surface area (Å²) in [6.45, 7) is 0. The fourth-order valence-electron chi connectivity index (χ4n) is 1.88. The van der Waals surface area contributed by atoms with Gasteiger partial charge in [0, 0.05) is 6.07 Å². The molecule has 0 spiro atoms. The molecular weight excluding hydrogens is 290 g/mol. The van der Waals surface area contributed by atoms with Crippen LogP contribution < -0.4 is 9.47 Å². The average molecular weight is 303 g/mol. The number of nitro groups is 1. The zero-order chi connectivity index (χ0) is 16.1. The Morgan fingerprint density at radius 2 is 1.64 bits per heavy atom. The third-order valence-corrected chi connectivity index (χ3v) is 2.88. The van der Waals surface area contributed by atoms with Crippen LogP contribution in [0, 0.1) is 10.1 Å². The van der Waals surface area contributed by atoms with Crippen molar-refractivity contribution in [3.63, 3.8) is 0 Å². The van der Waals surface area contributed by atoms with Gasteiger partial charge in [-0.15, -0.1) is 0 Å². The van der Waals surface area contributed by atoms with E-state index in [9.17, 15) is 14.9 Å². The van der Waals surface area contributed by atoms with Crippen LogP contribution >= 0.6 is 0 Å². The van der Waals surface area contributed by atoms with Gasteiger partial charge in [-0.05, 0) is 18.2 Å². The second kappa shape index (κ2) is 6.57. The number of ether oxygens (including phenoxy) is 3. The first-order chi connectivity index (χ1) is 10.6. The molecule has 0 unspecified atom stereocenters. The summed E-state index contributed by atoms with van der Waals surface area (Å²) in [6, 6.07) is 10.6.